The highest BCUT2D eigenvalue weighted by Crippen LogP contribution is 2.31. The second kappa shape index (κ2) is 6.41. The molecule has 2 aromatic rings. The van der Waals surface area contributed by atoms with E-state index in [1.807, 2.05) is 18.2 Å². The molecule has 2 rings (SSSR count). The molecule has 98 valence electrons. The Morgan fingerprint density at radius 2 is 2.22 bits per heavy atom. The Labute approximate surface area is 117 Å². The van der Waals surface area contributed by atoms with Crippen LogP contribution in [0.15, 0.2) is 34.9 Å². The number of furan rings is 1. The number of nitrogens with one attached hydrogen (secondary N) is 1. The van der Waals surface area contributed by atoms with Crippen molar-refractivity contribution in [2.75, 3.05) is 6.54 Å². The Kier molecular flexibility index (Phi) is 4.87. The number of halogens is 1. The van der Waals surface area contributed by atoms with Crippen molar-refractivity contribution in [1.29, 1.82) is 0 Å². The first-order valence-corrected chi connectivity index (χ1v) is 7.42. The van der Waals surface area contributed by atoms with Crippen LogP contribution in [-0.2, 0) is 0 Å². The molecule has 2 aromatic heterocycles. The van der Waals surface area contributed by atoms with Crippen LogP contribution in [-0.4, -0.2) is 6.54 Å². The van der Waals surface area contributed by atoms with Gasteiger partial charge in [-0.2, -0.15) is 0 Å². The van der Waals surface area contributed by atoms with E-state index in [-0.39, 0.29) is 6.04 Å². The molecule has 0 aliphatic rings. The minimum atomic E-state index is 0.103. The summed E-state index contributed by atoms with van der Waals surface area (Å²) in [4.78, 5) is 1.19. The molecule has 0 spiro atoms. The number of rotatable bonds is 6. The van der Waals surface area contributed by atoms with Gasteiger partial charge in [0, 0.05) is 4.88 Å². The molecule has 1 N–H and O–H groups in total. The highest BCUT2D eigenvalue weighted by molar-refractivity contribution is 7.16. The van der Waals surface area contributed by atoms with E-state index in [0.717, 1.165) is 16.6 Å². The lowest BCUT2D eigenvalue weighted by Crippen LogP contribution is -2.26. The van der Waals surface area contributed by atoms with E-state index < -0.39 is 0 Å². The summed E-state index contributed by atoms with van der Waals surface area (Å²) < 4.78 is 6.34. The Bertz CT molecular complexity index is 466. The lowest BCUT2D eigenvalue weighted by molar-refractivity contribution is 0.417. The van der Waals surface area contributed by atoms with Crippen LogP contribution < -0.4 is 5.32 Å². The smallest absolute Gasteiger partial charge is 0.126 e. The third kappa shape index (κ3) is 3.37. The summed E-state index contributed by atoms with van der Waals surface area (Å²) in [5.74, 6) is 1.59. The molecular weight excluding hydrogens is 266 g/mol. The summed E-state index contributed by atoms with van der Waals surface area (Å²) in [5.41, 5.74) is 0. The van der Waals surface area contributed by atoms with Gasteiger partial charge in [-0.1, -0.05) is 31.9 Å². The molecule has 2 atom stereocenters. The molecule has 0 amide bonds. The minimum absolute atomic E-state index is 0.103. The quantitative estimate of drug-likeness (QED) is 0.830. The molecule has 0 saturated heterocycles. The number of thiophene rings is 1. The van der Waals surface area contributed by atoms with Gasteiger partial charge in [-0.3, -0.25) is 0 Å². The van der Waals surface area contributed by atoms with E-state index in [1.54, 1.807) is 17.6 Å². The topological polar surface area (TPSA) is 25.2 Å². The van der Waals surface area contributed by atoms with Crippen molar-refractivity contribution in [3.63, 3.8) is 0 Å². The van der Waals surface area contributed by atoms with Crippen LogP contribution in [0, 0.1) is 5.92 Å². The standard InChI is InChI=1S/C14H18ClNOS/c1-3-10(2)9-16-14(11-5-4-8-17-11)12-6-7-13(15)18-12/h4-8,10,14,16H,3,9H2,1-2H3. The molecule has 0 bridgehead atoms. The molecule has 0 aliphatic heterocycles. The summed E-state index contributed by atoms with van der Waals surface area (Å²) in [7, 11) is 0. The summed E-state index contributed by atoms with van der Waals surface area (Å²) in [5, 5.41) is 3.56. The first-order chi connectivity index (χ1) is 8.70. The maximum absolute atomic E-state index is 6.02. The average Bonchev–Trinajstić information content (AvgIpc) is 3.01. The number of hydrogen-bond donors (Lipinski definition) is 1. The fourth-order valence-electron chi connectivity index (χ4n) is 1.74. The monoisotopic (exact) mass is 283 g/mol. The highest BCUT2D eigenvalue weighted by Gasteiger charge is 2.18. The molecule has 0 radical (unpaired) electrons. The maximum atomic E-state index is 6.02. The SMILES string of the molecule is CCC(C)CNC(c1ccco1)c1ccc(Cl)s1. The van der Waals surface area contributed by atoms with Crippen LogP contribution in [0.5, 0.6) is 0 Å². The van der Waals surface area contributed by atoms with Gasteiger partial charge in [0.1, 0.15) is 11.8 Å². The van der Waals surface area contributed by atoms with Gasteiger partial charge in [-0.05, 0) is 36.7 Å². The fraction of sp³-hybridized carbons (Fsp3) is 0.429. The number of hydrogen-bond acceptors (Lipinski definition) is 3. The van der Waals surface area contributed by atoms with Crippen LogP contribution in [0.25, 0.3) is 0 Å². The zero-order valence-corrected chi connectivity index (χ0v) is 12.2. The summed E-state index contributed by atoms with van der Waals surface area (Å²) in [6.45, 7) is 5.42. The fourth-order valence-corrected chi connectivity index (χ4v) is 2.89. The van der Waals surface area contributed by atoms with Crippen molar-refractivity contribution in [1.82, 2.24) is 5.32 Å². The molecule has 18 heavy (non-hydrogen) atoms. The lowest BCUT2D eigenvalue weighted by Gasteiger charge is -2.17. The Balaban J connectivity index is 2.13. The molecule has 2 heterocycles. The summed E-state index contributed by atoms with van der Waals surface area (Å²) >= 11 is 7.61. The second-order valence-electron chi connectivity index (χ2n) is 4.51. The third-order valence-electron chi connectivity index (χ3n) is 3.07. The van der Waals surface area contributed by atoms with Crippen LogP contribution in [0.3, 0.4) is 0 Å². The van der Waals surface area contributed by atoms with E-state index in [1.165, 1.54) is 11.3 Å². The first-order valence-electron chi connectivity index (χ1n) is 6.22. The minimum Gasteiger partial charge on any atom is -0.467 e. The van der Waals surface area contributed by atoms with Crippen LogP contribution in [0.2, 0.25) is 4.34 Å². The summed E-state index contributed by atoms with van der Waals surface area (Å²) in [6, 6.07) is 8.02. The van der Waals surface area contributed by atoms with Gasteiger partial charge >= 0.3 is 0 Å². The van der Waals surface area contributed by atoms with Crippen molar-refractivity contribution < 1.29 is 4.42 Å². The normalized spacial score (nSPS) is 14.6. The molecule has 2 nitrogen and oxygen atoms in total. The van der Waals surface area contributed by atoms with E-state index in [2.05, 4.69) is 25.2 Å². The molecule has 0 aromatic carbocycles. The molecular formula is C14H18ClNOS. The molecule has 0 aliphatic carbocycles. The van der Waals surface area contributed by atoms with Crippen molar-refractivity contribution in [2.24, 2.45) is 5.92 Å². The van der Waals surface area contributed by atoms with Gasteiger partial charge in [-0.15, -0.1) is 11.3 Å². The Morgan fingerprint density at radius 3 is 2.78 bits per heavy atom. The predicted molar refractivity (Wildman–Crippen MR) is 77.3 cm³/mol. The van der Waals surface area contributed by atoms with Gasteiger partial charge in [0.2, 0.25) is 0 Å². The van der Waals surface area contributed by atoms with Gasteiger partial charge in [-0.25, -0.2) is 0 Å². The van der Waals surface area contributed by atoms with E-state index >= 15 is 0 Å². The highest BCUT2D eigenvalue weighted by atomic mass is 35.5. The van der Waals surface area contributed by atoms with Gasteiger partial charge < -0.3 is 9.73 Å². The van der Waals surface area contributed by atoms with E-state index in [0.29, 0.717) is 5.92 Å². The second-order valence-corrected chi connectivity index (χ2v) is 6.26. The van der Waals surface area contributed by atoms with Gasteiger partial charge in [0.25, 0.3) is 0 Å². The van der Waals surface area contributed by atoms with E-state index in [4.69, 9.17) is 16.0 Å². The van der Waals surface area contributed by atoms with Crippen molar-refractivity contribution in [3.05, 3.63) is 45.5 Å². The van der Waals surface area contributed by atoms with Crippen molar-refractivity contribution in [2.45, 2.75) is 26.3 Å². The Morgan fingerprint density at radius 1 is 1.39 bits per heavy atom. The lowest BCUT2D eigenvalue weighted by atomic mass is 10.1. The summed E-state index contributed by atoms with van der Waals surface area (Å²) in [6.07, 6.45) is 2.88. The third-order valence-corrected chi connectivity index (χ3v) is 4.37. The zero-order chi connectivity index (χ0) is 13.0. The zero-order valence-electron chi connectivity index (χ0n) is 10.7. The molecule has 2 unspecified atom stereocenters. The van der Waals surface area contributed by atoms with Crippen LogP contribution in [0.1, 0.15) is 36.9 Å². The van der Waals surface area contributed by atoms with Crippen molar-refractivity contribution >= 4 is 22.9 Å². The van der Waals surface area contributed by atoms with Gasteiger partial charge in [0.15, 0.2) is 0 Å². The Hall–Kier alpha value is -0.770. The van der Waals surface area contributed by atoms with Gasteiger partial charge in [0.05, 0.1) is 10.6 Å². The molecule has 4 heteroatoms. The van der Waals surface area contributed by atoms with E-state index in [9.17, 15) is 0 Å². The first kappa shape index (κ1) is 13.7. The van der Waals surface area contributed by atoms with Crippen LogP contribution >= 0.6 is 22.9 Å². The maximum Gasteiger partial charge on any atom is 0.126 e. The largest absolute Gasteiger partial charge is 0.467 e. The predicted octanol–water partition coefficient (Wildman–Crippen LogP) is 4.72. The molecule has 0 fully saturated rings. The van der Waals surface area contributed by atoms with Crippen molar-refractivity contribution in [3.8, 4) is 0 Å². The van der Waals surface area contributed by atoms with Crippen LogP contribution in [0.4, 0.5) is 0 Å². The average molecular weight is 284 g/mol. The molecule has 0 saturated carbocycles.